The summed E-state index contributed by atoms with van der Waals surface area (Å²) in [7, 11) is 0. The number of Topliss-reactive ketones (excluding diaryl/α,β-unsaturated/α-hetero) is 1. The van der Waals surface area contributed by atoms with E-state index in [2.05, 4.69) is 5.32 Å². The standard InChI is InChI=1S/C9H15NO3/c1-8(2,3)10-7(12)6(11)9(13)4-5-9/h13H,4-5H2,1-3H3,(H,10,12). The molecule has 1 saturated carbocycles. The van der Waals surface area contributed by atoms with Crippen LogP contribution in [-0.2, 0) is 9.59 Å². The maximum absolute atomic E-state index is 11.2. The SMILES string of the molecule is CC(C)(C)NC(=O)C(=O)C1(O)CC1. The summed E-state index contributed by atoms with van der Waals surface area (Å²) in [6.45, 7) is 5.36. The van der Waals surface area contributed by atoms with Gasteiger partial charge in [-0.05, 0) is 33.6 Å². The van der Waals surface area contributed by atoms with Crippen LogP contribution >= 0.6 is 0 Å². The van der Waals surface area contributed by atoms with Crippen molar-refractivity contribution in [2.75, 3.05) is 0 Å². The third kappa shape index (κ3) is 2.52. The fraction of sp³-hybridized carbons (Fsp3) is 0.778. The Labute approximate surface area is 77.3 Å². The van der Waals surface area contributed by atoms with Crippen LogP contribution in [0.4, 0.5) is 0 Å². The Morgan fingerprint density at radius 2 is 1.77 bits per heavy atom. The highest BCUT2D eigenvalue weighted by molar-refractivity contribution is 6.40. The van der Waals surface area contributed by atoms with Gasteiger partial charge in [-0.2, -0.15) is 0 Å². The van der Waals surface area contributed by atoms with Crippen molar-refractivity contribution in [3.05, 3.63) is 0 Å². The molecule has 1 aliphatic carbocycles. The lowest BCUT2D eigenvalue weighted by Gasteiger charge is -2.20. The second kappa shape index (κ2) is 2.80. The van der Waals surface area contributed by atoms with E-state index in [1.165, 1.54) is 0 Å². The van der Waals surface area contributed by atoms with Crippen molar-refractivity contribution in [1.82, 2.24) is 5.32 Å². The number of aliphatic hydroxyl groups is 1. The van der Waals surface area contributed by atoms with Gasteiger partial charge in [0.1, 0.15) is 5.60 Å². The Morgan fingerprint density at radius 3 is 2.08 bits per heavy atom. The van der Waals surface area contributed by atoms with E-state index in [4.69, 9.17) is 0 Å². The van der Waals surface area contributed by atoms with Gasteiger partial charge in [0.05, 0.1) is 0 Å². The van der Waals surface area contributed by atoms with E-state index in [9.17, 15) is 14.7 Å². The zero-order valence-electron chi connectivity index (χ0n) is 8.18. The van der Waals surface area contributed by atoms with Crippen molar-refractivity contribution in [1.29, 1.82) is 0 Å². The highest BCUT2D eigenvalue weighted by atomic mass is 16.3. The molecule has 0 unspecified atom stereocenters. The molecule has 4 heteroatoms. The first-order valence-corrected chi connectivity index (χ1v) is 4.34. The molecule has 74 valence electrons. The van der Waals surface area contributed by atoms with Crippen LogP contribution in [0.2, 0.25) is 0 Å². The molecule has 0 aliphatic heterocycles. The summed E-state index contributed by atoms with van der Waals surface area (Å²) in [6, 6.07) is 0. The van der Waals surface area contributed by atoms with E-state index in [1.807, 2.05) is 0 Å². The van der Waals surface area contributed by atoms with E-state index in [-0.39, 0.29) is 0 Å². The molecule has 0 aromatic carbocycles. The first kappa shape index (κ1) is 10.2. The average Bonchev–Trinajstić information content (AvgIpc) is 2.64. The van der Waals surface area contributed by atoms with Crippen molar-refractivity contribution in [2.24, 2.45) is 0 Å². The Hall–Kier alpha value is -0.900. The van der Waals surface area contributed by atoms with Crippen LogP contribution in [0.5, 0.6) is 0 Å². The number of hydrogen-bond donors (Lipinski definition) is 2. The first-order chi connectivity index (χ1) is 5.75. The second-order valence-corrected chi connectivity index (χ2v) is 4.56. The smallest absolute Gasteiger partial charge is 0.290 e. The number of hydrogen-bond acceptors (Lipinski definition) is 3. The van der Waals surface area contributed by atoms with Gasteiger partial charge in [0, 0.05) is 5.54 Å². The minimum absolute atomic E-state index is 0.406. The van der Waals surface area contributed by atoms with E-state index in [1.54, 1.807) is 20.8 Å². The maximum Gasteiger partial charge on any atom is 0.290 e. The molecule has 1 amide bonds. The number of amides is 1. The van der Waals surface area contributed by atoms with Gasteiger partial charge in [-0.1, -0.05) is 0 Å². The molecule has 0 aromatic rings. The highest BCUT2D eigenvalue weighted by Crippen LogP contribution is 2.35. The molecule has 4 nitrogen and oxygen atoms in total. The molecule has 13 heavy (non-hydrogen) atoms. The first-order valence-electron chi connectivity index (χ1n) is 4.34. The quantitative estimate of drug-likeness (QED) is 0.595. The molecule has 1 fully saturated rings. The van der Waals surface area contributed by atoms with E-state index >= 15 is 0 Å². The molecular formula is C9H15NO3. The maximum atomic E-state index is 11.2. The van der Waals surface area contributed by atoms with Crippen LogP contribution in [-0.4, -0.2) is 27.9 Å². The van der Waals surface area contributed by atoms with E-state index in [0.717, 1.165) is 0 Å². The molecule has 0 atom stereocenters. The van der Waals surface area contributed by atoms with Crippen LogP contribution < -0.4 is 5.32 Å². The van der Waals surface area contributed by atoms with Gasteiger partial charge in [0.25, 0.3) is 11.7 Å². The predicted molar refractivity (Wildman–Crippen MR) is 47.1 cm³/mol. The van der Waals surface area contributed by atoms with Crippen molar-refractivity contribution in [2.45, 2.75) is 44.8 Å². The molecule has 1 aliphatic rings. The number of carbonyl (C=O) groups excluding carboxylic acids is 2. The van der Waals surface area contributed by atoms with Crippen LogP contribution in [0.1, 0.15) is 33.6 Å². The number of nitrogens with one attached hydrogen (secondary N) is 1. The topological polar surface area (TPSA) is 66.4 Å². The molecule has 0 heterocycles. The van der Waals surface area contributed by atoms with Gasteiger partial charge in [-0.25, -0.2) is 0 Å². The highest BCUT2D eigenvalue weighted by Gasteiger charge is 2.51. The zero-order chi connectivity index (χ0) is 10.3. The third-order valence-corrected chi connectivity index (χ3v) is 1.84. The molecule has 2 N–H and O–H groups in total. The Kier molecular flexibility index (Phi) is 2.20. The Balaban J connectivity index is 2.54. The Morgan fingerprint density at radius 1 is 1.31 bits per heavy atom. The molecule has 0 saturated heterocycles. The van der Waals surface area contributed by atoms with Gasteiger partial charge in [0.15, 0.2) is 0 Å². The van der Waals surface area contributed by atoms with Crippen molar-refractivity contribution >= 4 is 11.7 Å². The second-order valence-electron chi connectivity index (χ2n) is 4.56. The minimum Gasteiger partial charge on any atom is -0.381 e. The summed E-state index contributed by atoms with van der Waals surface area (Å²) in [5, 5.41) is 11.9. The summed E-state index contributed by atoms with van der Waals surface area (Å²) >= 11 is 0. The van der Waals surface area contributed by atoms with Crippen LogP contribution in [0.15, 0.2) is 0 Å². The summed E-state index contributed by atoms with van der Waals surface area (Å²) in [5.74, 6) is -1.39. The number of carbonyl (C=O) groups is 2. The number of ketones is 1. The lowest BCUT2D eigenvalue weighted by Crippen LogP contribution is -2.47. The fourth-order valence-corrected chi connectivity index (χ4v) is 0.954. The monoisotopic (exact) mass is 185 g/mol. The molecule has 0 bridgehead atoms. The summed E-state index contributed by atoms with van der Waals surface area (Å²) in [5.41, 5.74) is -1.78. The van der Waals surface area contributed by atoms with Crippen LogP contribution in [0, 0.1) is 0 Å². The molecule has 0 spiro atoms. The van der Waals surface area contributed by atoms with Gasteiger partial charge in [-0.15, -0.1) is 0 Å². The van der Waals surface area contributed by atoms with E-state index in [0.29, 0.717) is 12.8 Å². The van der Waals surface area contributed by atoms with Crippen molar-refractivity contribution in [3.63, 3.8) is 0 Å². The molecular weight excluding hydrogens is 170 g/mol. The van der Waals surface area contributed by atoms with E-state index < -0.39 is 22.8 Å². The lowest BCUT2D eigenvalue weighted by atomic mass is 10.1. The van der Waals surface area contributed by atoms with Crippen LogP contribution in [0.25, 0.3) is 0 Å². The third-order valence-electron chi connectivity index (χ3n) is 1.84. The largest absolute Gasteiger partial charge is 0.381 e. The number of rotatable bonds is 2. The molecule has 0 aromatic heterocycles. The lowest BCUT2D eigenvalue weighted by molar-refractivity contribution is -0.144. The van der Waals surface area contributed by atoms with Gasteiger partial charge < -0.3 is 10.4 Å². The molecule has 0 radical (unpaired) electrons. The van der Waals surface area contributed by atoms with Crippen LogP contribution in [0.3, 0.4) is 0 Å². The zero-order valence-corrected chi connectivity index (χ0v) is 8.18. The van der Waals surface area contributed by atoms with Gasteiger partial charge in [0.2, 0.25) is 0 Å². The Bertz CT molecular complexity index is 248. The van der Waals surface area contributed by atoms with Crippen molar-refractivity contribution < 1.29 is 14.7 Å². The average molecular weight is 185 g/mol. The summed E-state index contributed by atoms with van der Waals surface area (Å²) < 4.78 is 0. The summed E-state index contributed by atoms with van der Waals surface area (Å²) in [4.78, 5) is 22.5. The fourth-order valence-electron chi connectivity index (χ4n) is 0.954. The minimum atomic E-state index is -1.35. The summed E-state index contributed by atoms with van der Waals surface area (Å²) in [6.07, 6.45) is 0.812. The molecule has 1 rings (SSSR count). The van der Waals surface area contributed by atoms with Crippen molar-refractivity contribution in [3.8, 4) is 0 Å². The normalized spacial score (nSPS) is 19.4. The van der Waals surface area contributed by atoms with Gasteiger partial charge >= 0.3 is 0 Å². The predicted octanol–water partition coefficient (Wildman–Crippen LogP) is -0.00490. The van der Waals surface area contributed by atoms with Gasteiger partial charge in [-0.3, -0.25) is 9.59 Å².